The summed E-state index contributed by atoms with van der Waals surface area (Å²) < 4.78 is 0. The first-order valence-electron chi connectivity index (χ1n) is 7.94. The molecule has 0 aromatic carbocycles. The van der Waals surface area contributed by atoms with E-state index in [1.807, 2.05) is 0 Å². The second kappa shape index (κ2) is 6.05. The molecule has 116 valence electrons. The molecule has 3 rings (SSSR count). The third-order valence-electron chi connectivity index (χ3n) is 4.73. The lowest BCUT2D eigenvalue weighted by Gasteiger charge is -2.35. The van der Waals surface area contributed by atoms with E-state index in [-0.39, 0.29) is 0 Å². The summed E-state index contributed by atoms with van der Waals surface area (Å²) in [6.45, 7) is 8.48. The molecule has 6 nitrogen and oxygen atoms in total. The average Bonchev–Trinajstić information content (AvgIpc) is 2.50. The van der Waals surface area contributed by atoms with Crippen molar-refractivity contribution in [1.82, 2.24) is 14.9 Å². The highest BCUT2D eigenvalue weighted by atomic mass is 15.3. The molecular weight excluding hydrogens is 264 g/mol. The fourth-order valence-corrected chi connectivity index (χ4v) is 3.12. The number of anilines is 3. The number of nitrogens with two attached hydrogens (primary N) is 1. The van der Waals surface area contributed by atoms with Crippen molar-refractivity contribution in [2.75, 3.05) is 61.8 Å². The molecule has 2 saturated heterocycles. The molecule has 0 spiro atoms. The lowest BCUT2D eigenvalue weighted by atomic mass is 9.99. The van der Waals surface area contributed by atoms with Gasteiger partial charge in [-0.25, -0.2) is 9.97 Å². The van der Waals surface area contributed by atoms with Gasteiger partial charge in [0.25, 0.3) is 0 Å². The SMILES string of the molecule is CC1CCN(c2ncnc(N3CCN(C)CC3)c2N)CC1. The maximum absolute atomic E-state index is 6.39. The van der Waals surface area contributed by atoms with Crippen LogP contribution < -0.4 is 15.5 Å². The molecular formula is C15H26N6. The molecule has 0 radical (unpaired) electrons. The molecule has 2 aliphatic heterocycles. The summed E-state index contributed by atoms with van der Waals surface area (Å²) >= 11 is 0. The molecule has 0 amide bonds. The number of nitrogen functional groups attached to an aromatic ring is 1. The number of hydrogen-bond donors (Lipinski definition) is 1. The number of nitrogens with zero attached hydrogens (tertiary/aromatic N) is 5. The van der Waals surface area contributed by atoms with Crippen molar-refractivity contribution in [3.63, 3.8) is 0 Å². The number of likely N-dealkylation sites (N-methyl/N-ethyl adjacent to an activating group) is 1. The first-order valence-corrected chi connectivity index (χ1v) is 7.94. The Bertz CT molecular complexity index is 435. The maximum Gasteiger partial charge on any atom is 0.157 e. The summed E-state index contributed by atoms with van der Waals surface area (Å²) in [5, 5.41) is 0. The number of aromatic nitrogens is 2. The Hall–Kier alpha value is -1.56. The minimum absolute atomic E-state index is 0.747. The van der Waals surface area contributed by atoms with Gasteiger partial charge in [-0.05, 0) is 25.8 Å². The fourth-order valence-electron chi connectivity index (χ4n) is 3.12. The summed E-state index contributed by atoms with van der Waals surface area (Å²) in [5.41, 5.74) is 7.14. The summed E-state index contributed by atoms with van der Waals surface area (Å²) in [6, 6.07) is 0. The van der Waals surface area contributed by atoms with Gasteiger partial charge in [0.2, 0.25) is 0 Å². The van der Waals surface area contributed by atoms with Gasteiger partial charge in [-0.1, -0.05) is 6.92 Å². The van der Waals surface area contributed by atoms with Crippen molar-refractivity contribution in [2.45, 2.75) is 19.8 Å². The van der Waals surface area contributed by atoms with Crippen LogP contribution in [0.5, 0.6) is 0 Å². The van der Waals surface area contributed by atoms with Crippen molar-refractivity contribution in [3.05, 3.63) is 6.33 Å². The van der Waals surface area contributed by atoms with Crippen LogP contribution in [-0.4, -0.2) is 61.2 Å². The lowest BCUT2D eigenvalue weighted by Crippen LogP contribution is -2.45. The van der Waals surface area contributed by atoms with Crippen LogP contribution in [0, 0.1) is 5.92 Å². The predicted molar refractivity (Wildman–Crippen MR) is 86.8 cm³/mol. The van der Waals surface area contributed by atoms with Gasteiger partial charge < -0.3 is 20.4 Å². The predicted octanol–water partition coefficient (Wildman–Crippen LogP) is 1.05. The van der Waals surface area contributed by atoms with Gasteiger partial charge in [0, 0.05) is 39.3 Å². The zero-order valence-corrected chi connectivity index (χ0v) is 13.1. The standard InChI is InChI=1S/C15H26N6/c1-12-3-5-20(6-4-12)14-13(16)15(18-11-17-14)21-9-7-19(2)8-10-21/h11-12H,3-10,16H2,1-2H3. The van der Waals surface area contributed by atoms with Gasteiger partial charge >= 0.3 is 0 Å². The highest BCUT2D eigenvalue weighted by Gasteiger charge is 2.23. The Morgan fingerprint density at radius 3 is 2.05 bits per heavy atom. The van der Waals surface area contributed by atoms with Crippen LogP contribution in [-0.2, 0) is 0 Å². The molecule has 0 aliphatic carbocycles. The Balaban J connectivity index is 1.78. The van der Waals surface area contributed by atoms with Crippen LogP contribution >= 0.6 is 0 Å². The monoisotopic (exact) mass is 290 g/mol. The second-order valence-electron chi connectivity index (χ2n) is 6.39. The molecule has 0 unspecified atom stereocenters. The van der Waals surface area contributed by atoms with Gasteiger partial charge in [-0.2, -0.15) is 0 Å². The average molecular weight is 290 g/mol. The molecule has 2 fully saturated rings. The third kappa shape index (κ3) is 3.05. The highest BCUT2D eigenvalue weighted by molar-refractivity contribution is 5.75. The van der Waals surface area contributed by atoms with Crippen LogP contribution in [0.3, 0.4) is 0 Å². The number of hydrogen-bond acceptors (Lipinski definition) is 6. The minimum atomic E-state index is 0.747. The van der Waals surface area contributed by atoms with Gasteiger partial charge in [0.05, 0.1) is 0 Å². The van der Waals surface area contributed by atoms with Gasteiger partial charge in [0.15, 0.2) is 11.6 Å². The normalized spacial score (nSPS) is 21.8. The smallest absolute Gasteiger partial charge is 0.157 e. The fraction of sp³-hybridized carbons (Fsp3) is 0.733. The molecule has 21 heavy (non-hydrogen) atoms. The zero-order valence-electron chi connectivity index (χ0n) is 13.1. The Kier molecular flexibility index (Phi) is 4.14. The first kappa shape index (κ1) is 14.4. The van der Waals surface area contributed by atoms with Crippen LogP contribution in [0.2, 0.25) is 0 Å². The largest absolute Gasteiger partial charge is 0.393 e. The molecule has 0 saturated carbocycles. The second-order valence-corrected chi connectivity index (χ2v) is 6.39. The minimum Gasteiger partial charge on any atom is -0.393 e. The van der Waals surface area contributed by atoms with Gasteiger partial charge in [0.1, 0.15) is 12.0 Å². The first-order chi connectivity index (χ1) is 10.1. The van der Waals surface area contributed by atoms with E-state index in [0.29, 0.717) is 0 Å². The van der Waals surface area contributed by atoms with E-state index in [2.05, 4.69) is 38.6 Å². The number of piperidine rings is 1. The van der Waals surface area contributed by atoms with E-state index >= 15 is 0 Å². The Morgan fingerprint density at radius 2 is 1.48 bits per heavy atom. The molecule has 0 bridgehead atoms. The third-order valence-corrected chi connectivity index (χ3v) is 4.73. The molecule has 6 heteroatoms. The Labute approximate surface area is 126 Å². The summed E-state index contributed by atoms with van der Waals surface area (Å²) in [6.07, 6.45) is 4.10. The van der Waals surface area contributed by atoms with E-state index in [0.717, 1.165) is 62.5 Å². The van der Waals surface area contributed by atoms with E-state index in [9.17, 15) is 0 Å². The van der Waals surface area contributed by atoms with Crippen molar-refractivity contribution >= 4 is 17.3 Å². The van der Waals surface area contributed by atoms with Crippen molar-refractivity contribution < 1.29 is 0 Å². The molecule has 2 N–H and O–H groups in total. The summed E-state index contributed by atoms with van der Waals surface area (Å²) in [7, 11) is 2.15. The molecule has 2 aliphatic rings. The molecule has 1 aromatic rings. The highest BCUT2D eigenvalue weighted by Crippen LogP contribution is 2.31. The van der Waals surface area contributed by atoms with Crippen molar-refractivity contribution in [1.29, 1.82) is 0 Å². The number of rotatable bonds is 2. The van der Waals surface area contributed by atoms with Crippen molar-refractivity contribution in [3.8, 4) is 0 Å². The Morgan fingerprint density at radius 1 is 0.952 bits per heavy atom. The van der Waals surface area contributed by atoms with E-state index < -0.39 is 0 Å². The van der Waals surface area contributed by atoms with Crippen LogP contribution in [0.15, 0.2) is 6.33 Å². The topological polar surface area (TPSA) is 61.5 Å². The van der Waals surface area contributed by atoms with E-state index in [1.165, 1.54) is 12.8 Å². The van der Waals surface area contributed by atoms with E-state index in [1.54, 1.807) is 6.33 Å². The van der Waals surface area contributed by atoms with E-state index in [4.69, 9.17) is 5.73 Å². The lowest BCUT2D eigenvalue weighted by molar-refractivity contribution is 0.312. The maximum atomic E-state index is 6.39. The van der Waals surface area contributed by atoms with Gasteiger partial charge in [-0.15, -0.1) is 0 Å². The van der Waals surface area contributed by atoms with Gasteiger partial charge in [-0.3, -0.25) is 0 Å². The van der Waals surface area contributed by atoms with Crippen molar-refractivity contribution in [2.24, 2.45) is 5.92 Å². The molecule has 0 atom stereocenters. The molecule has 1 aromatic heterocycles. The van der Waals surface area contributed by atoms with Crippen LogP contribution in [0.1, 0.15) is 19.8 Å². The number of piperazine rings is 1. The van der Waals surface area contributed by atoms with Crippen LogP contribution in [0.25, 0.3) is 0 Å². The van der Waals surface area contributed by atoms with Crippen LogP contribution in [0.4, 0.5) is 17.3 Å². The summed E-state index contributed by atoms with van der Waals surface area (Å²) in [4.78, 5) is 15.8. The molecule has 3 heterocycles. The zero-order chi connectivity index (χ0) is 14.8. The summed E-state index contributed by atoms with van der Waals surface area (Å²) in [5.74, 6) is 2.64. The quantitative estimate of drug-likeness (QED) is 0.878.